The fourth-order valence-electron chi connectivity index (χ4n) is 2.30. The number of benzene rings is 1. The summed E-state index contributed by atoms with van der Waals surface area (Å²) >= 11 is 0. The second-order valence-corrected chi connectivity index (χ2v) is 4.43. The Labute approximate surface area is 117 Å². The quantitative estimate of drug-likeness (QED) is 0.684. The molecule has 2 rings (SSSR count). The Hall–Kier alpha value is 0.254. The van der Waals surface area contributed by atoms with Gasteiger partial charge in [-0.05, 0) is 24.7 Å². The predicted molar refractivity (Wildman–Crippen MR) is 55.6 cm³/mol. The zero-order valence-corrected chi connectivity index (χ0v) is 12.0. The van der Waals surface area contributed by atoms with Gasteiger partial charge in [-0.2, -0.15) is 17.7 Å². The second kappa shape index (κ2) is 6.10. The van der Waals surface area contributed by atoms with Gasteiger partial charge < -0.3 is 0 Å². The molecular formula is C13H16FY+2. The van der Waals surface area contributed by atoms with Gasteiger partial charge in [0.2, 0.25) is 0 Å². The number of rotatable bonds is 1. The first kappa shape index (κ1) is 13.3. The minimum Gasteiger partial charge on any atom is -0.236 e. The fourth-order valence-corrected chi connectivity index (χ4v) is 2.30. The van der Waals surface area contributed by atoms with Gasteiger partial charge in [0.15, 0.2) is 0 Å². The summed E-state index contributed by atoms with van der Waals surface area (Å²) < 4.78 is 12.9. The molecule has 15 heavy (non-hydrogen) atoms. The third-order valence-electron chi connectivity index (χ3n) is 3.28. The third-order valence-corrected chi connectivity index (χ3v) is 3.28. The van der Waals surface area contributed by atoms with Gasteiger partial charge in [0.05, 0.1) is 0 Å². The molecule has 1 fully saturated rings. The van der Waals surface area contributed by atoms with Crippen molar-refractivity contribution in [2.75, 3.05) is 0 Å². The zero-order chi connectivity index (χ0) is 9.97. The van der Waals surface area contributed by atoms with Crippen molar-refractivity contribution in [3.05, 3.63) is 35.6 Å². The van der Waals surface area contributed by atoms with E-state index in [1.54, 1.807) is 12.1 Å². The van der Waals surface area contributed by atoms with E-state index in [2.05, 4.69) is 13.0 Å². The first-order valence-electron chi connectivity index (χ1n) is 5.43. The summed E-state index contributed by atoms with van der Waals surface area (Å²) in [7, 11) is 0. The Bertz CT molecular complexity index is 303. The summed E-state index contributed by atoms with van der Waals surface area (Å²) in [5, 5.41) is 0. The average Bonchev–Trinajstić information content (AvgIpc) is 2.19. The second-order valence-electron chi connectivity index (χ2n) is 4.43. The molecule has 1 aromatic carbocycles. The van der Waals surface area contributed by atoms with Crippen LogP contribution < -0.4 is 0 Å². The molecule has 0 aliphatic heterocycles. The Morgan fingerprint density at radius 2 is 1.93 bits per heavy atom. The number of hydrogen-bond donors (Lipinski definition) is 0. The van der Waals surface area contributed by atoms with Crippen LogP contribution in [-0.4, -0.2) is 0 Å². The van der Waals surface area contributed by atoms with Gasteiger partial charge in [-0.1, -0.05) is 19.8 Å². The molecule has 2 heteroatoms. The molecule has 0 N–H and O–H groups in total. The fraction of sp³-hybridized carbons (Fsp3) is 0.538. The molecule has 0 heterocycles. The van der Waals surface area contributed by atoms with E-state index < -0.39 is 0 Å². The predicted octanol–water partition coefficient (Wildman–Crippen LogP) is 3.92. The number of halogens is 1. The maximum atomic E-state index is 12.9. The SMILES string of the molecule is CC1CCC(c2cc[c-]c(F)c2)CC1.[Y+3]. The molecule has 0 saturated heterocycles. The molecule has 0 unspecified atom stereocenters. The van der Waals surface area contributed by atoms with E-state index in [1.165, 1.54) is 25.7 Å². The van der Waals surface area contributed by atoms with Gasteiger partial charge in [-0.25, -0.2) is 4.39 Å². The Morgan fingerprint density at radius 3 is 2.53 bits per heavy atom. The molecule has 0 radical (unpaired) electrons. The van der Waals surface area contributed by atoms with Crippen molar-refractivity contribution < 1.29 is 37.1 Å². The van der Waals surface area contributed by atoms with Gasteiger partial charge in [0.25, 0.3) is 0 Å². The van der Waals surface area contributed by atoms with Crippen molar-refractivity contribution >= 4 is 0 Å². The topological polar surface area (TPSA) is 0 Å². The number of hydrogen-bond acceptors (Lipinski definition) is 0. The molecule has 0 atom stereocenters. The van der Waals surface area contributed by atoms with Crippen LogP contribution in [0.5, 0.6) is 0 Å². The molecule has 0 bridgehead atoms. The van der Waals surface area contributed by atoms with Crippen LogP contribution in [0, 0.1) is 17.8 Å². The van der Waals surface area contributed by atoms with Gasteiger partial charge in [0, 0.05) is 5.82 Å². The van der Waals surface area contributed by atoms with E-state index in [0.717, 1.165) is 11.5 Å². The Balaban J connectivity index is 0.00000112. The van der Waals surface area contributed by atoms with Crippen LogP contribution in [0.4, 0.5) is 4.39 Å². The minimum absolute atomic E-state index is 0. The Kier molecular flexibility index (Phi) is 5.42. The van der Waals surface area contributed by atoms with Crippen LogP contribution in [0.15, 0.2) is 18.2 Å². The van der Waals surface area contributed by atoms with E-state index in [1.807, 2.05) is 6.07 Å². The van der Waals surface area contributed by atoms with Crippen LogP contribution >= 0.6 is 0 Å². The summed E-state index contributed by atoms with van der Waals surface area (Å²) in [5.41, 5.74) is 1.16. The standard InChI is InChI=1S/C13H16F.Y/c1-10-5-7-11(8-6-10)12-3-2-4-13(14)9-12;/h2-3,9-11H,5-8H2,1H3;/q-1;+3. The monoisotopic (exact) mass is 280 g/mol. The van der Waals surface area contributed by atoms with Crippen molar-refractivity contribution in [3.63, 3.8) is 0 Å². The van der Waals surface area contributed by atoms with Crippen LogP contribution in [0.2, 0.25) is 0 Å². The molecule has 1 aromatic rings. The molecule has 0 aromatic heterocycles. The smallest absolute Gasteiger partial charge is 0.236 e. The molecular weight excluding hydrogens is 264 g/mol. The minimum atomic E-state index is -0.221. The molecule has 0 amide bonds. The van der Waals surface area contributed by atoms with E-state index in [4.69, 9.17) is 0 Å². The van der Waals surface area contributed by atoms with E-state index in [-0.39, 0.29) is 38.5 Å². The first-order valence-corrected chi connectivity index (χ1v) is 5.43. The average molecular weight is 280 g/mol. The maximum Gasteiger partial charge on any atom is 3.00 e. The summed E-state index contributed by atoms with van der Waals surface area (Å²) in [6.45, 7) is 2.30. The van der Waals surface area contributed by atoms with E-state index >= 15 is 0 Å². The molecule has 1 saturated carbocycles. The van der Waals surface area contributed by atoms with Gasteiger partial charge >= 0.3 is 32.7 Å². The van der Waals surface area contributed by atoms with Crippen molar-refractivity contribution in [2.24, 2.45) is 5.92 Å². The summed E-state index contributed by atoms with van der Waals surface area (Å²) in [6, 6.07) is 7.89. The molecule has 1 aliphatic rings. The molecule has 76 valence electrons. The summed E-state index contributed by atoms with van der Waals surface area (Å²) in [6.07, 6.45) is 4.99. The Morgan fingerprint density at radius 1 is 1.27 bits per heavy atom. The summed E-state index contributed by atoms with van der Waals surface area (Å²) in [5.74, 6) is 1.21. The van der Waals surface area contributed by atoms with Crippen LogP contribution in [0.1, 0.15) is 44.1 Å². The maximum absolute atomic E-state index is 12.9. The van der Waals surface area contributed by atoms with Crippen LogP contribution in [-0.2, 0) is 32.7 Å². The van der Waals surface area contributed by atoms with Gasteiger partial charge in [-0.15, -0.1) is 12.1 Å². The summed E-state index contributed by atoms with van der Waals surface area (Å²) in [4.78, 5) is 0. The van der Waals surface area contributed by atoms with Crippen LogP contribution in [0.3, 0.4) is 0 Å². The van der Waals surface area contributed by atoms with Gasteiger partial charge in [0.1, 0.15) is 0 Å². The van der Waals surface area contributed by atoms with Gasteiger partial charge in [-0.3, -0.25) is 0 Å². The van der Waals surface area contributed by atoms with Crippen molar-refractivity contribution in [2.45, 2.75) is 38.5 Å². The van der Waals surface area contributed by atoms with E-state index in [9.17, 15) is 4.39 Å². The van der Waals surface area contributed by atoms with Crippen molar-refractivity contribution in [1.29, 1.82) is 0 Å². The normalized spacial score (nSPS) is 25.7. The molecule has 1 aliphatic carbocycles. The van der Waals surface area contributed by atoms with Crippen molar-refractivity contribution in [1.82, 2.24) is 0 Å². The van der Waals surface area contributed by atoms with E-state index in [0.29, 0.717) is 5.92 Å². The van der Waals surface area contributed by atoms with Crippen LogP contribution in [0.25, 0.3) is 0 Å². The zero-order valence-electron chi connectivity index (χ0n) is 9.17. The van der Waals surface area contributed by atoms with Crippen molar-refractivity contribution in [3.8, 4) is 0 Å². The molecule has 0 nitrogen and oxygen atoms in total. The largest absolute Gasteiger partial charge is 3.00 e. The third kappa shape index (κ3) is 3.64. The molecule has 0 spiro atoms. The first-order chi connectivity index (χ1) is 6.75.